The predicted molar refractivity (Wildman–Crippen MR) is 105 cm³/mol. The Morgan fingerprint density at radius 1 is 1.11 bits per heavy atom. The van der Waals surface area contributed by atoms with Crippen molar-refractivity contribution < 1.29 is 31.7 Å². The van der Waals surface area contributed by atoms with Gasteiger partial charge in [0, 0.05) is 19.0 Å². The summed E-state index contributed by atoms with van der Waals surface area (Å²) < 4.78 is 38.7. The van der Waals surface area contributed by atoms with Crippen molar-refractivity contribution in [1.82, 2.24) is 4.90 Å². The average molecular weight is 416 g/mol. The van der Waals surface area contributed by atoms with Crippen LogP contribution in [0.2, 0.25) is 0 Å². The summed E-state index contributed by atoms with van der Waals surface area (Å²) in [6.45, 7) is 7.44. The van der Waals surface area contributed by atoms with Crippen molar-refractivity contribution in [2.45, 2.75) is 53.1 Å². The molecule has 8 nitrogen and oxygen atoms in total. The minimum Gasteiger partial charge on any atom is -0.493 e. The van der Waals surface area contributed by atoms with Crippen LogP contribution in [-0.4, -0.2) is 50.7 Å². The summed E-state index contributed by atoms with van der Waals surface area (Å²) in [4.78, 5) is 25.7. The van der Waals surface area contributed by atoms with Gasteiger partial charge in [-0.05, 0) is 45.4 Å². The maximum absolute atomic E-state index is 12.5. The topological polar surface area (TPSA) is 99.2 Å². The van der Waals surface area contributed by atoms with Crippen LogP contribution >= 0.6 is 0 Å². The molecule has 0 unspecified atom stereocenters. The first-order valence-electron chi connectivity index (χ1n) is 9.17. The summed E-state index contributed by atoms with van der Waals surface area (Å²) in [5, 5.41) is 0. The van der Waals surface area contributed by atoms with E-state index in [9.17, 15) is 18.0 Å². The van der Waals surface area contributed by atoms with E-state index in [0.717, 1.165) is 0 Å². The highest BCUT2D eigenvalue weighted by Crippen LogP contribution is 2.30. The highest BCUT2D eigenvalue weighted by atomic mass is 32.2. The normalized spacial score (nSPS) is 11.2. The van der Waals surface area contributed by atoms with Gasteiger partial charge in [0.1, 0.15) is 0 Å². The number of nitrogens with zero attached hydrogens (tertiary/aromatic N) is 1. The van der Waals surface area contributed by atoms with Gasteiger partial charge in [-0.15, -0.1) is 0 Å². The first kappa shape index (κ1) is 23.7. The molecule has 0 radical (unpaired) electrons. The molecule has 28 heavy (non-hydrogen) atoms. The van der Waals surface area contributed by atoms with E-state index in [1.54, 1.807) is 30.0 Å². The maximum Gasteiger partial charge on any atom is 0.309 e. The zero-order valence-corrected chi connectivity index (χ0v) is 17.9. The molecule has 0 aliphatic carbocycles. The van der Waals surface area contributed by atoms with E-state index in [0.29, 0.717) is 5.56 Å². The fraction of sp³-hybridized carbons (Fsp3) is 0.579. The Kier molecular flexibility index (Phi) is 9.24. The van der Waals surface area contributed by atoms with E-state index >= 15 is 0 Å². The van der Waals surface area contributed by atoms with Crippen molar-refractivity contribution in [2.24, 2.45) is 0 Å². The molecule has 1 aromatic carbocycles. The van der Waals surface area contributed by atoms with Gasteiger partial charge in [0.2, 0.25) is 5.91 Å². The minimum atomic E-state index is -3.72. The zero-order valence-electron chi connectivity index (χ0n) is 17.1. The van der Waals surface area contributed by atoms with E-state index in [2.05, 4.69) is 0 Å². The molecule has 0 spiro atoms. The lowest BCUT2D eigenvalue weighted by Crippen LogP contribution is -2.36. The van der Waals surface area contributed by atoms with Gasteiger partial charge < -0.3 is 18.6 Å². The second-order valence-electron chi connectivity index (χ2n) is 6.34. The average Bonchev–Trinajstić information content (AvgIpc) is 2.64. The zero-order chi connectivity index (χ0) is 21.3. The Morgan fingerprint density at radius 2 is 1.79 bits per heavy atom. The lowest BCUT2D eigenvalue weighted by Gasteiger charge is -2.27. The Morgan fingerprint density at radius 3 is 2.32 bits per heavy atom. The van der Waals surface area contributed by atoms with Crippen molar-refractivity contribution in [1.29, 1.82) is 0 Å². The van der Waals surface area contributed by atoms with Gasteiger partial charge in [-0.25, -0.2) is 0 Å². The number of benzene rings is 1. The molecule has 0 N–H and O–H groups in total. The van der Waals surface area contributed by atoms with Gasteiger partial charge >= 0.3 is 16.1 Å². The molecule has 0 saturated carbocycles. The molecule has 0 bridgehead atoms. The summed E-state index contributed by atoms with van der Waals surface area (Å²) in [5.74, 6) is -0.424. The van der Waals surface area contributed by atoms with Crippen LogP contribution in [0.5, 0.6) is 11.5 Å². The van der Waals surface area contributed by atoms with Gasteiger partial charge in [-0.3, -0.25) is 9.59 Å². The van der Waals surface area contributed by atoms with Gasteiger partial charge in [0.15, 0.2) is 11.5 Å². The van der Waals surface area contributed by atoms with Crippen molar-refractivity contribution in [3.8, 4) is 11.5 Å². The Balaban J connectivity index is 2.97. The number of rotatable bonds is 11. The molecular formula is C19H29NO7S. The number of methoxy groups -OCH3 is 1. The molecule has 0 saturated heterocycles. The third kappa shape index (κ3) is 7.38. The molecule has 0 aromatic heterocycles. The molecule has 0 aliphatic rings. The number of ether oxygens (including phenoxy) is 2. The number of hydrogen-bond acceptors (Lipinski definition) is 7. The molecule has 0 heterocycles. The number of amides is 1. The SMILES string of the molecule is CCOC(=O)CCC(=O)N(Cc1ccc(OC)c(OS(=O)(=O)CC)c1)C(C)C. The van der Waals surface area contributed by atoms with Crippen molar-refractivity contribution in [3.63, 3.8) is 0 Å². The van der Waals surface area contributed by atoms with Crippen LogP contribution in [0.4, 0.5) is 0 Å². The molecule has 0 fully saturated rings. The van der Waals surface area contributed by atoms with E-state index in [4.69, 9.17) is 13.7 Å². The van der Waals surface area contributed by atoms with Crippen LogP contribution < -0.4 is 8.92 Å². The van der Waals surface area contributed by atoms with Crippen molar-refractivity contribution in [2.75, 3.05) is 19.5 Å². The molecular weight excluding hydrogens is 386 g/mol. The van der Waals surface area contributed by atoms with Crippen LogP contribution in [0.3, 0.4) is 0 Å². The smallest absolute Gasteiger partial charge is 0.309 e. The van der Waals surface area contributed by atoms with Crippen LogP contribution in [0.25, 0.3) is 0 Å². The van der Waals surface area contributed by atoms with Gasteiger partial charge in [-0.1, -0.05) is 6.07 Å². The fourth-order valence-electron chi connectivity index (χ4n) is 2.42. The van der Waals surface area contributed by atoms with Gasteiger partial charge in [0.25, 0.3) is 0 Å². The maximum atomic E-state index is 12.5. The Bertz CT molecular complexity index is 774. The number of esters is 1. The third-order valence-electron chi connectivity index (χ3n) is 3.94. The molecule has 1 rings (SSSR count). The standard InChI is InChI=1S/C19H29NO7S/c1-6-26-19(22)11-10-18(21)20(14(3)4)13-15-8-9-16(25-5)17(12-15)27-28(23,24)7-2/h8-9,12,14H,6-7,10-11,13H2,1-5H3. The van der Waals surface area contributed by atoms with Crippen LogP contribution in [-0.2, 0) is 31.0 Å². The van der Waals surface area contributed by atoms with E-state index < -0.39 is 16.1 Å². The lowest BCUT2D eigenvalue weighted by molar-refractivity contribution is -0.146. The van der Waals surface area contributed by atoms with Crippen LogP contribution in [0.15, 0.2) is 18.2 Å². The predicted octanol–water partition coefficient (Wildman–Crippen LogP) is 2.50. The molecule has 0 aliphatic heterocycles. The summed E-state index contributed by atoms with van der Waals surface area (Å²) in [6, 6.07) is 4.76. The summed E-state index contributed by atoms with van der Waals surface area (Å²) in [5.41, 5.74) is 0.681. The largest absolute Gasteiger partial charge is 0.493 e. The highest BCUT2D eigenvalue weighted by molar-refractivity contribution is 7.87. The second kappa shape index (κ2) is 10.9. The second-order valence-corrected chi connectivity index (χ2v) is 8.19. The van der Waals surface area contributed by atoms with E-state index in [1.165, 1.54) is 14.0 Å². The third-order valence-corrected chi connectivity index (χ3v) is 5.08. The Labute approximate surface area is 166 Å². The molecule has 158 valence electrons. The minimum absolute atomic E-state index is 0.0155. The first-order chi connectivity index (χ1) is 13.1. The number of carbonyl (C=O) groups excluding carboxylic acids is 2. The quantitative estimate of drug-likeness (QED) is 0.404. The Hall–Kier alpha value is -2.29. The first-order valence-corrected chi connectivity index (χ1v) is 10.7. The molecule has 1 amide bonds. The molecule has 1 aromatic rings. The highest BCUT2D eigenvalue weighted by Gasteiger charge is 2.20. The number of hydrogen-bond donors (Lipinski definition) is 0. The summed E-state index contributed by atoms with van der Waals surface area (Å²) in [6.07, 6.45) is 0.0579. The summed E-state index contributed by atoms with van der Waals surface area (Å²) in [7, 11) is -2.30. The van der Waals surface area contributed by atoms with Crippen LogP contribution in [0.1, 0.15) is 46.1 Å². The molecule has 9 heteroatoms. The van der Waals surface area contributed by atoms with Gasteiger partial charge in [0.05, 0.1) is 25.9 Å². The van der Waals surface area contributed by atoms with Gasteiger partial charge in [-0.2, -0.15) is 8.42 Å². The number of carbonyl (C=O) groups is 2. The van der Waals surface area contributed by atoms with Crippen LogP contribution in [0, 0.1) is 0 Å². The lowest BCUT2D eigenvalue weighted by atomic mass is 10.1. The fourth-order valence-corrected chi connectivity index (χ4v) is 2.94. The summed E-state index contributed by atoms with van der Waals surface area (Å²) >= 11 is 0. The van der Waals surface area contributed by atoms with Crippen molar-refractivity contribution in [3.05, 3.63) is 23.8 Å². The van der Waals surface area contributed by atoms with Crippen molar-refractivity contribution >= 4 is 22.0 Å². The monoisotopic (exact) mass is 415 g/mol. The molecule has 0 atom stereocenters. The van der Waals surface area contributed by atoms with E-state index in [1.807, 2.05) is 13.8 Å². The van der Waals surface area contributed by atoms with E-state index in [-0.39, 0.29) is 55.2 Å².